The number of anilines is 1. The smallest absolute Gasteiger partial charge is 0.234 e. The van der Waals surface area contributed by atoms with Gasteiger partial charge in [-0.05, 0) is 25.1 Å². The molecule has 2 N–H and O–H groups in total. The quantitative estimate of drug-likeness (QED) is 0.836. The van der Waals surface area contributed by atoms with Crippen LogP contribution in [-0.2, 0) is 4.79 Å². The van der Waals surface area contributed by atoms with Crippen molar-refractivity contribution in [3.63, 3.8) is 0 Å². The average Bonchev–Trinajstić information content (AvgIpc) is 2.81. The van der Waals surface area contributed by atoms with Crippen LogP contribution in [0.1, 0.15) is 6.42 Å². The molecule has 0 bridgehead atoms. The molecule has 86 valence electrons. The van der Waals surface area contributed by atoms with E-state index in [1.165, 1.54) is 6.42 Å². The van der Waals surface area contributed by atoms with Gasteiger partial charge in [-0.15, -0.1) is 11.8 Å². The van der Waals surface area contributed by atoms with E-state index in [2.05, 4.69) is 10.6 Å². The molecule has 3 nitrogen and oxygen atoms in total. The number of hydrogen-bond donors (Lipinski definition) is 2. The van der Waals surface area contributed by atoms with Crippen LogP contribution in [0.5, 0.6) is 0 Å². The van der Waals surface area contributed by atoms with Crippen LogP contribution in [-0.4, -0.2) is 30.0 Å². The summed E-state index contributed by atoms with van der Waals surface area (Å²) in [6.45, 7) is 2.11. The first-order valence-corrected chi connectivity index (χ1v) is 6.57. The minimum Gasteiger partial charge on any atom is -0.325 e. The third kappa shape index (κ3) is 3.54. The SMILES string of the molecule is O=C(CSC1CCNC1)Nc1ccccc1. The summed E-state index contributed by atoms with van der Waals surface area (Å²) in [5, 5.41) is 6.78. The van der Waals surface area contributed by atoms with Crippen LogP contribution in [0.4, 0.5) is 5.69 Å². The molecule has 0 aromatic heterocycles. The second-order valence-corrected chi connectivity index (χ2v) is 5.13. The molecule has 1 atom stereocenters. The predicted molar refractivity (Wildman–Crippen MR) is 68.8 cm³/mol. The Morgan fingerprint density at radius 2 is 2.25 bits per heavy atom. The number of rotatable bonds is 4. The van der Waals surface area contributed by atoms with E-state index in [9.17, 15) is 4.79 Å². The van der Waals surface area contributed by atoms with E-state index in [1.54, 1.807) is 11.8 Å². The second kappa shape index (κ2) is 5.92. The van der Waals surface area contributed by atoms with Crippen molar-refractivity contribution in [2.45, 2.75) is 11.7 Å². The van der Waals surface area contributed by atoms with Crippen molar-refractivity contribution >= 4 is 23.4 Å². The standard InChI is InChI=1S/C12H16N2OS/c15-12(9-16-11-6-7-13-8-11)14-10-4-2-1-3-5-10/h1-5,11,13H,6-9H2,(H,14,15). The lowest BCUT2D eigenvalue weighted by molar-refractivity contribution is -0.113. The first-order chi connectivity index (χ1) is 7.84. The lowest BCUT2D eigenvalue weighted by Gasteiger charge is -2.08. The summed E-state index contributed by atoms with van der Waals surface area (Å²) in [5.41, 5.74) is 0.873. The molecule has 4 heteroatoms. The van der Waals surface area contributed by atoms with E-state index in [0.29, 0.717) is 11.0 Å². The number of thioether (sulfide) groups is 1. The summed E-state index contributed by atoms with van der Waals surface area (Å²) in [6.07, 6.45) is 1.17. The normalized spacial score (nSPS) is 19.6. The summed E-state index contributed by atoms with van der Waals surface area (Å²) in [5.74, 6) is 0.629. The zero-order valence-corrected chi connectivity index (χ0v) is 9.93. The Hall–Kier alpha value is -1.00. The van der Waals surface area contributed by atoms with E-state index in [4.69, 9.17) is 0 Å². The molecule has 1 amide bonds. The van der Waals surface area contributed by atoms with Crippen molar-refractivity contribution < 1.29 is 4.79 Å². The van der Waals surface area contributed by atoms with Gasteiger partial charge < -0.3 is 10.6 Å². The summed E-state index contributed by atoms with van der Waals surface area (Å²) in [6, 6.07) is 9.58. The molecule has 1 heterocycles. The fourth-order valence-corrected chi connectivity index (χ4v) is 2.66. The minimum absolute atomic E-state index is 0.0862. The van der Waals surface area contributed by atoms with Crippen LogP contribution in [0, 0.1) is 0 Å². The monoisotopic (exact) mass is 236 g/mol. The van der Waals surface area contributed by atoms with Crippen LogP contribution in [0.25, 0.3) is 0 Å². The fourth-order valence-electron chi connectivity index (χ4n) is 1.68. The second-order valence-electron chi connectivity index (χ2n) is 3.84. The van der Waals surface area contributed by atoms with Gasteiger partial charge in [0.1, 0.15) is 0 Å². The minimum atomic E-state index is 0.0862. The first-order valence-electron chi connectivity index (χ1n) is 5.52. The van der Waals surface area contributed by atoms with Crippen LogP contribution in [0.15, 0.2) is 30.3 Å². The zero-order valence-electron chi connectivity index (χ0n) is 9.11. The molecule has 1 unspecified atom stereocenters. The molecule has 2 rings (SSSR count). The van der Waals surface area contributed by atoms with E-state index < -0.39 is 0 Å². The highest BCUT2D eigenvalue weighted by atomic mass is 32.2. The molecule has 1 aliphatic rings. The van der Waals surface area contributed by atoms with E-state index in [1.807, 2.05) is 30.3 Å². The molecule has 1 aliphatic heterocycles. The van der Waals surface area contributed by atoms with Gasteiger partial charge in [-0.25, -0.2) is 0 Å². The van der Waals surface area contributed by atoms with Crippen molar-refractivity contribution in [1.29, 1.82) is 0 Å². The Labute approximate surface area is 100.0 Å². The highest BCUT2D eigenvalue weighted by Crippen LogP contribution is 2.17. The molecule has 1 saturated heterocycles. The number of nitrogens with one attached hydrogen (secondary N) is 2. The van der Waals surface area contributed by atoms with Crippen LogP contribution < -0.4 is 10.6 Å². The zero-order chi connectivity index (χ0) is 11.2. The van der Waals surface area contributed by atoms with Gasteiger partial charge in [0, 0.05) is 17.5 Å². The summed E-state index contributed by atoms with van der Waals surface area (Å²) < 4.78 is 0. The molecule has 1 fully saturated rings. The molecule has 1 aromatic rings. The number of amides is 1. The Morgan fingerprint density at radius 3 is 2.94 bits per heavy atom. The van der Waals surface area contributed by atoms with Crippen molar-refractivity contribution in [3.05, 3.63) is 30.3 Å². The Kier molecular flexibility index (Phi) is 4.25. The number of carbonyl (C=O) groups is 1. The van der Waals surface area contributed by atoms with Crippen molar-refractivity contribution in [2.75, 3.05) is 24.2 Å². The fraction of sp³-hybridized carbons (Fsp3) is 0.417. The highest BCUT2D eigenvalue weighted by molar-refractivity contribution is 8.00. The van der Waals surface area contributed by atoms with Crippen molar-refractivity contribution in [3.8, 4) is 0 Å². The van der Waals surface area contributed by atoms with Crippen molar-refractivity contribution in [1.82, 2.24) is 5.32 Å². The molecule has 0 saturated carbocycles. The molecule has 1 aromatic carbocycles. The van der Waals surface area contributed by atoms with Crippen molar-refractivity contribution in [2.24, 2.45) is 0 Å². The highest BCUT2D eigenvalue weighted by Gasteiger charge is 2.15. The van der Waals surface area contributed by atoms with Crippen LogP contribution in [0.3, 0.4) is 0 Å². The van der Waals surface area contributed by atoms with Crippen LogP contribution in [0.2, 0.25) is 0 Å². The summed E-state index contributed by atoms with van der Waals surface area (Å²) in [4.78, 5) is 11.6. The number of hydrogen-bond acceptors (Lipinski definition) is 3. The largest absolute Gasteiger partial charge is 0.325 e. The third-order valence-corrected chi connectivity index (χ3v) is 3.83. The van der Waals surface area contributed by atoms with Gasteiger partial charge in [0.05, 0.1) is 5.75 Å². The van der Waals surface area contributed by atoms with Gasteiger partial charge in [0.25, 0.3) is 0 Å². The molecular weight excluding hydrogens is 220 g/mol. The maximum atomic E-state index is 11.6. The maximum absolute atomic E-state index is 11.6. The van der Waals surface area contributed by atoms with Crippen LogP contribution >= 0.6 is 11.8 Å². The Morgan fingerprint density at radius 1 is 1.44 bits per heavy atom. The Bertz CT molecular complexity index is 336. The molecule has 0 spiro atoms. The first kappa shape index (κ1) is 11.5. The number of para-hydroxylation sites is 1. The lowest BCUT2D eigenvalue weighted by Crippen LogP contribution is -2.17. The predicted octanol–water partition coefficient (Wildman–Crippen LogP) is 1.72. The lowest BCUT2D eigenvalue weighted by atomic mass is 10.3. The van der Waals surface area contributed by atoms with Gasteiger partial charge in [-0.1, -0.05) is 18.2 Å². The van der Waals surface area contributed by atoms with Gasteiger partial charge in [-0.3, -0.25) is 4.79 Å². The average molecular weight is 236 g/mol. The Balaban J connectivity index is 1.72. The van der Waals surface area contributed by atoms with E-state index in [-0.39, 0.29) is 5.91 Å². The van der Waals surface area contributed by atoms with Gasteiger partial charge in [-0.2, -0.15) is 0 Å². The summed E-state index contributed by atoms with van der Waals surface area (Å²) in [7, 11) is 0. The van der Waals surface area contributed by atoms with Gasteiger partial charge in [0.15, 0.2) is 0 Å². The number of benzene rings is 1. The maximum Gasteiger partial charge on any atom is 0.234 e. The summed E-state index contributed by atoms with van der Waals surface area (Å²) >= 11 is 1.74. The van der Waals surface area contributed by atoms with Gasteiger partial charge in [0.2, 0.25) is 5.91 Å². The van der Waals surface area contributed by atoms with E-state index >= 15 is 0 Å². The molecule has 16 heavy (non-hydrogen) atoms. The third-order valence-electron chi connectivity index (χ3n) is 2.52. The molecule has 0 radical (unpaired) electrons. The molecule has 0 aliphatic carbocycles. The number of carbonyl (C=O) groups excluding carboxylic acids is 1. The van der Waals surface area contributed by atoms with Gasteiger partial charge >= 0.3 is 0 Å². The molecular formula is C12H16N2OS. The van der Waals surface area contributed by atoms with E-state index in [0.717, 1.165) is 18.8 Å². The topological polar surface area (TPSA) is 41.1 Å².